The highest BCUT2D eigenvalue weighted by atomic mass is 16.2. The quantitative estimate of drug-likeness (QED) is 0.869. The smallest absolute Gasteiger partial charge is 0.228 e. The molecular weight excluding hydrogens is 248 g/mol. The lowest BCUT2D eigenvalue weighted by atomic mass is 10.2. The van der Waals surface area contributed by atoms with E-state index in [0.717, 1.165) is 11.4 Å². The first kappa shape index (κ1) is 14.1. The molecule has 0 aromatic heterocycles. The molecule has 0 bridgehead atoms. The van der Waals surface area contributed by atoms with Crippen LogP contribution in [0.15, 0.2) is 60.7 Å². The van der Waals surface area contributed by atoms with Crippen LogP contribution < -0.4 is 10.2 Å². The van der Waals surface area contributed by atoms with E-state index in [2.05, 4.69) is 5.32 Å². The van der Waals surface area contributed by atoms with Gasteiger partial charge in [-0.2, -0.15) is 0 Å². The fraction of sp³-hybridized carbons (Fsp3) is 0.235. The monoisotopic (exact) mass is 268 g/mol. The maximum Gasteiger partial charge on any atom is 0.228 e. The summed E-state index contributed by atoms with van der Waals surface area (Å²) in [5.74, 6) is 0.141. The van der Waals surface area contributed by atoms with Crippen LogP contribution in [0.4, 0.5) is 11.4 Å². The third-order valence-corrected chi connectivity index (χ3v) is 3.13. The lowest BCUT2D eigenvalue weighted by Gasteiger charge is -2.21. The zero-order chi connectivity index (χ0) is 14.2. The summed E-state index contributed by atoms with van der Waals surface area (Å²) in [6, 6.07) is 19.7. The molecular formula is C17H20N2O. The molecule has 3 nitrogen and oxygen atoms in total. The summed E-state index contributed by atoms with van der Waals surface area (Å²) in [5, 5.41) is 3.26. The molecule has 0 radical (unpaired) electrons. The number of hydrogen-bond donors (Lipinski definition) is 1. The molecule has 1 amide bonds. The maximum atomic E-state index is 12.3. The van der Waals surface area contributed by atoms with E-state index < -0.39 is 0 Å². The van der Waals surface area contributed by atoms with Crippen molar-refractivity contribution in [2.45, 2.75) is 13.3 Å². The van der Waals surface area contributed by atoms with Gasteiger partial charge in [-0.15, -0.1) is 0 Å². The molecule has 20 heavy (non-hydrogen) atoms. The molecule has 0 atom stereocenters. The van der Waals surface area contributed by atoms with Crippen molar-refractivity contribution in [1.82, 2.24) is 0 Å². The third kappa shape index (κ3) is 3.85. The molecule has 104 valence electrons. The standard InChI is InChI=1S/C17H20N2O/c1-2-19(16-11-7-4-8-12-16)17(20)13-14-18-15-9-5-3-6-10-15/h3-12,18H,2,13-14H2,1H3. The van der Waals surface area contributed by atoms with Gasteiger partial charge in [-0.1, -0.05) is 36.4 Å². The Morgan fingerprint density at radius 3 is 2.20 bits per heavy atom. The molecule has 3 heteroatoms. The predicted molar refractivity (Wildman–Crippen MR) is 84.0 cm³/mol. The molecule has 0 aliphatic carbocycles. The van der Waals surface area contributed by atoms with Gasteiger partial charge in [-0.25, -0.2) is 0 Å². The number of rotatable bonds is 6. The highest BCUT2D eigenvalue weighted by molar-refractivity contribution is 5.93. The van der Waals surface area contributed by atoms with Gasteiger partial charge in [0.25, 0.3) is 0 Å². The number of anilines is 2. The van der Waals surface area contributed by atoms with E-state index >= 15 is 0 Å². The van der Waals surface area contributed by atoms with Crippen molar-refractivity contribution in [1.29, 1.82) is 0 Å². The molecule has 0 unspecified atom stereocenters. The van der Waals surface area contributed by atoms with E-state index in [9.17, 15) is 4.79 Å². The Kier molecular flexibility index (Phi) is 5.18. The van der Waals surface area contributed by atoms with Crippen LogP contribution in [0, 0.1) is 0 Å². The van der Waals surface area contributed by atoms with Crippen molar-refractivity contribution in [3.8, 4) is 0 Å². The molecule has 0 saturated carbocycles. The van der Waals surface area contributed by atoms with E-state index in [0.29, 0.717) is 19.5 Å². The Morgan fingerprint density at radius 1 is 1.00 bits per heavy atom. The van der Waals surface area contributed by atoms with Crippen molar-refractivity contribution in [2.24, 2.45) is 0 Å². The summed E-state index contributed by atoms with van der Waals surface area (Å²) >= 11 is 0. The lowest BCUT2D eigenvalue weighted by Crippen LogP contribution is -2.31. The van der Waals surface area contributed by atoms with Crippen molar-refractivity contribution < 1.29 is 4.79 Å². The second kappa shape index (κ2) is 7.34. The Labute approximate surface area is 120 Å². The largest absolute Gasteiger partial charge is 0.385 e. The first-order valence-electron chi connectivity index (χ1n) is 6.95. The van der Waals surface area contributed by atoms with E-state index in [1.54, 1.807) is 0 Å². The van der Waals surface area contributed by atoms with Gasteiger partial charge < -0.3 is 10.2 Å². The number of nitrogens with one attached hydrogen (secondary N) is 1. The Hall–Kier alpha value is -2.29. The van der Waals surface area contributed by atoms with Crippen molar-refractivity contribution in [3.63, 3.8) is 0 Å². The lowest BCUT2D eigenvalue weighted by molar-refractivity contribution is -0.118. The Morgan fingerprint density at radius 2 is 1.60 bits per heavy atom. The fourth-order valence-corrected chi connectivity index (χ4v) is 2.12. The van der Waals surface area contributed by atoms with Gasteiger partial charge in [-0.05, 0) is 31.2 Å². The average molecular weight is 268 g/mol. The molecule has 2 aromatic rings. The minimum absolute atomic E-state index is 0.141. The van der Waals surface area contributed by atoms with E-state index in [1.165, 1.54) is 0 Å². The number of benzene rings is 2. The summed E-state index contributed by atoms with van der Waals surface area (Å²) in [7, 11) is 0. The number of carbonyl (C=O) groups excluding carboxylic acids is 1. The molecule has 1 N–H and O–H groups in total. The molecule has 0 fully saturated rings. The van der Waals surface area contributed by atoms with Gasteiger partial charge in [-0.3, -0.25) is 4.79 Å². The van der Waals surface area contributed by atoms with Gasteiger partial charge >= 0.3 is 0 Å². The van der Waals surface area contributed by atoms with Gasteiger partial charge in [0, 0.05) is 30.9 Å². The first-order valence-corrected chi connectivity index (χ1v) is 6.95. The molecule has 0 heterocycles. The number of nitrogens with zero attached hydrogens (tertiary/aromatic N) is 1. The summed E-state index contributed by atoms with van der Waals surface area (Å²) in [5.41, 5.74) is 2.00. The van der Waals surface area contributed by atoms with Crippen LogP contribution in [-0.4, -0.2) is 19.0 Å². The SMILES string of the molecule is CCN(C(=O)CCNc1ccccc1)c1ccccc1. The maximum absolute atomic E-state index is 12.3. The molecule has 0 aliphatic rings. The minimum Gasteiger partial charge on any atom is -0.385 e. The Bertz CT molecular complexity index is 525. The van der Waals surface area contributed by atoms with Crippen LogP contribution in [0.5, 0.6) is 0 Å². The van der Waals surface area contributed by atoms with Crippen molar-refractivity contribution in [2.75, 3.05) is 23.3 Å². The van der Waals surface area contributed by atoms with Gasteiger partial charge in [0.1, 0.15) is 0 Å². The zero-order valence-corrected chi connectivity index (χ0v) is 11.8. The van der Waals surface area contributed by atoms with Crippen LogP contribution in [0.25, 0.3) is 0 Å². The van der Waals surface area contributed by atoms with Gasteiger partial charge in [0.05, 0.1) is 0 Å². The molecule has 0 spiro atoms. The van der Waals surface area contributed by atoms with E-state index in [-0.39, 0.29) is 5.91 Å². The van der Waals surface area contributed by atoms with Crippen LogP contribution in [-0.2, 0) is 4.79 Å². The summed E-state index contributed by atoms with van der Waals surface area (Å²) in [4.78, 5) is 14.1. The average Bonchev–Trinajstić information content (AvgIpc) is 2.50. The third-order valence-electron chi connectivity index (χ3n) is 3.13. The van der Waals surface area contributed by atoms with Crippen molar-refractivity contribution >= 4 is 17.3 Å². The zero-order valence-electron chi connectivity index (χ0n) is 11.8. The predicted octanol–water partition coefficient (Wildman–Crippen LogP) is 3.54. The Balaban J connectivity index is 1.87. The van der Waals surface area contributed by atoms with Gasteiger partial charge in [0.15, 0.2) is 0 Å². The van der Waals surface area contributed by atoms with Crippen LogP contribution >= 0.6 is 0 Å². The summed E-state index contributed by atoms with van der Waals surface area (Å²) < 4.78 is 0. The van der Waals surface area contributed by atoms with Crippen LogP contribution in [0.2, 0.25) is 0 Å². The van der Waals surface area contributed by atoms with Crippen LogP contribution in [0.1, 0.15) is 13.3 Å². The van der Waals surface area contributed by atoms with Crippen molar-refractivity contribution in [3.05, 3.63) is 60.7 Å². The van der Waals surface area contributed by atoms with Gasteiger partial charge in [0.2, 0.25) is 5.91 Å². The number of carbonyl (C=O) groups is 1. The van der Waals surface area contributed by atoms with E-state index in [4.69, 9.17) is 0 Å². The normalized spacial score (nSPS) is 10.1. The minimum atomic E-state index is 0.141. The molecule has 2 rings (SSSR count). The van der Waals surface area contributed by atoms with E-state index in [1.807, 2.05) is 72.5 Å². The highest BCUT2D eigenvalue weighted by Crippen LogP contribution is 2.14. The number of hydrogen-bond acceptors (Lipinski definition) is 2. The number of amides is 1. The molecule has 0 aliphatic heterocycles. The van der Waals surface area contributed by atoms with Crippen LogP contribution in [0.3, 0.4) is 0 Å². The molecule has 2 aromatic carbocycles. The second-order valence-corrected chi connectivity index (χ2v) is 4.52. The number of para-hydroxylation sites is 2. The summed E-state index contributed by atoms with van der Waals surface area (Å²) in [6.07, 6.45) is 0.484. The summed E-state index contributed by atoms with van der Waals surface area (Å²) in [6.45, 7) is 3.33. The molecule has 0 saturated heterocycles. The first-order chi connectivity index (χ1) is 9.81. The topological polar surface area (TPSA) is 32.3 Å². The highest BCUT2D eigenvalue weighted by Gasteiger charge is 2.12. The fourth-order valence-electron chi connectivity index (χ4n) is 2.12. The second-order valence-electron chi connectivity index (χ2n) is 4.52.